The van der Waals surface area contributed by atoms with E-state index in [0.29, 0.717) is 13.1 Å². The number of nitrogens with two attached hydrogens (primary N) is 1. The van der Waals surface area contributed by atoms with Crippen molar-refractivity contribution < 1.29 is 9.53 Å². The second kappa shape index (κ2) is 9.85. The molecule has 7 heteroatoms. The van der Waals surface area contributed by atoms with Crippen LogP contribution in [0.4, 0.5) is 5.69 Å². The molecule has 2 rings (SSSR count). The molecule has 23 heavy (non-hydrogen) atoms. The second-order valence-electron chi connectivity index (χ2n) is 5.75. The molecule has 0 aromatic heterocycles. The Hall–Kier alpha value is -1.17. The molecule has 0 aliphatic carbocycles. The third-order valence-corrected chi connectivity index (χ3v) is 4.02. The van der Waals surface area contributed by atoms with Gasteiger partial charge < -0.3 is 20.3 Å². The van der Waals surface area contributed by atoms with Crippen LogP contribution in [0.25, 0.3) is 0 Å². The van der Waals surface area contributed by atoms with Crippen LogP contribution in [0.15, 0.2) is 24.3 Å². The number of rotatable bonds is 4. The van der Waals surface area contributed by atoms with Gasteiger partial charge in [-0.25, -0.2) is 0 Å². The summed E-state index contributed by atoms with van der Waals surface area (Å²) in [5, 5.41) is 0. The molecule has 1 atom stereocenters. The van der Waals surface area contributed by atoms with Gasteiger partial charge in [0, 0.05) is 26.2 Å². The van der Waals surface area contributed by atoms with Crippen molar-refractivity contribution in [1.29, 1.82) is 0 Å². The number of halogens is 2. The highest BCUT2D eigenvalue weighted by atomic mass is 35.5. The zero-order valence-electron chi connectivity index (χ0n) is 13.9. The maximum Gasteiger partial charge on any atom is 0.239 e. The molecule has 2 N–H and O–H groups in total. The van der Waals surface area contributed by atoms with Crippen molar-refractivity contribution in [1.82, 2.24) is 4.90 Å². The normalized spacial score (nSPS) is 15.5. The second-order valence-corrected chi connectivity index (χ2v) is 5.75. The molecular formula is C16H27Cl2N3O2. The average molecular weight is 364 g/mol. The number of para-hydroxylation sites is 2. The molecule has 1 fully saturated rings. The third kappa shape index (κ3) is 5.16. The van der Waals surface area contributed by atoms with Gasteiger partial charge in [-0.05, 0) is 18.1 Å². The first-order chi connectivity index (χ1) is 10.0. The smallest absolute Gasteiger partial charge is 0.239 e. The molecule has 1 aliphatic rings. The van der Waals surface area contributed by atoms with Crippen molar-refractivity contribution in [3.63, 3.8) is 0 Å². The number of carbonyl (C=O) groups excluding carboxylic acids is 1. The summed E-state index contributed by atoms with van der Waals surface area (Å²) in [4.78, 5) is 16.4. The van der Waals surface area contributed by atoms with E-state index < -0.39 is 6.04 Å². The van der Waals surface area contributed by atoms with Gasteiger partial charge in [-0.15, -0.1) is 24.8 Å². The number of hydrogen-bond donors (Lipinski definition) is 1. The summed E-state index contributed by atoms with van der Waals surface area (Å²) in [6.07, 6.45) is 0. The van der Waals surface area contributed by atoms with Gasteiger partial charge in [0.15, 0.2) is 0 Å². The lowest BCUT2D eigenvalue weighted by molar-refractivity contribution is -0.133. The fourth-order valence-corrected chi connectivity index (χ4v) is 2.55. The Bertz CT molecular complexity index is 492. The lowest BCUT2D eigenvalue weighted by atomic mass is 10.0. The summed E-state index contributed by atoms with van der Waals surface area (Å²) in [5.74, 6) is 1.10. The van der Waals surface area contributed by atoms with Gasteiger partial charge in [0.25, 0.3) is 0 Å². The number of benzene rings is 1. The van der Waals surface area contributed by atoms with Crippen molar-refractivity contribution >= 4 is 36.4 Å². The molecule has 1 saturated heterocycles. The number of carbonyl (C=O) groups is 1. The number of methoxy groups -OCH3 is 1. The minimum atomic E-state index is -0.400. The first-order valence-corrected chi connectivity index (χ1v) is 7.47. The van der Waals surface area contributed by atoms with Gasteiger partial charge in [-0.2, -0.15) is 0 Å². The molecule has 1 heterocycles. The van der Waals surface area contributed by atoms with E-state index in [9.17, 15) is 4.79 Å². The van der Waals surface area contributed by atoms with Crippen molar-refractivity contribution in [3.05, 3.63) is 24.3 Å². The molecule has 1 amide bonds. The Morgan fingerprint density at radius 3 is 2.22 bits per heavy atom. The molecule has 1 unspecified atom stereocenters. The lowest BCUT2D eigenvalue weighted by Gasteiger charge is -2.38. The summed E-state index contributed by atoms with van der Waals surface area (Å²) in [5.41, 5.74) is 7.04. The van der Waals surface area contributed by atoms with Crippen molar-refractivity contribution in [2.24, 2.45) is 11.7 Å². The van der Waals surface area contributed by atoms with Gasteiger partial charge >= 0.3 is 0 Å². The SMILES string of the molecule is COc1ccccc1N1CCN(C(=O)C(N)C(C)C)CC1.Cl.Cl. The summed E-state index contributed by atoms with van der Waals surface area (Å²) < 4.78 is 5.40. The summed E-state index contributed by atoms with van der Waals surface area (Å²) in [6, 6.07) is 7.58. The van der Waals surface area contributed by atoms with Gasteiger partial charge in [0.05, 0.1) is 18.8 Å². The van der Waals surface area contributed by atoms with E-state index in [-0.39, 0.29) is 36.6 Å². The van der Waals surface area contributed by atoms with E-state index in [2.05, 4.69) is 11.0 Å². The molecular weight excluding hydrogens is 337 g/mol. The van der Waals surface area contributed by atoms with E-state index in [0.717, 1.165) is 24.5 Å². The minimum absolute atomic E-state index is 0. The van der Waals surface area contributed by atoms with Crippen LogP contribution in [-0.4, -0.2) is 50.1 Å². The Labute approximate surface area is 151 Å². The van der Waals surface area contributed by atoms with Gasteiger partial charge in [-0.1, -0.05) is 26.0 Å². The number of nitrogens with zero attached hydrogens (tertiary/aromatic N) is 2. The van der Waals surface area contributed by atoms with E-state index in [1.807, 2.05) is 36.9 Å². The Balaban J connectivity index is 0.00000242. The van der Waals surface area contributed by atoms with Crippen molar-refractivity contribution in [3.8, 4) is 5.75 Å². The van der Waals surface area contributed by atoms with Crippen molar-refractivity contribution in [2.45, 2.75) is 19.9 Å². The predicted octanol–water partition coefficient (Wildman–Crippen LogP) is 2.17. The summed E-state index contributed by atoms with van der Waals surface area (Å²) in [6.45, 7) is 6.98. The Kier molecular flexibility index (Phi) is 9.35. The topological polar surface area (TPSA) is 58.8 Å². The van der Waals surface area contributed by atoms with Crippen LogP contribution in [0.2, 0.25) is 0 Å². The number of piperazine rings is 1. The fraction of sp³-hybridized carbons (Fsp3) is 0.562. The first-order valence-electron chi connectivity index (χ1n) is 7.47. The Morgan fingerprint density at radius 2 is 1.70 bits per heavy atom. The van der Waals surface area contributed by atoms with E-state index in [4.69, 9.17) is 10.5 Å². The first kappa shape index (κ1) is 21.8. The fourth-order valence-electron chi connectivity index (χ4n) is 2.55. The molecule has 1 aromatic rings. The third-order valence-electron chi connectivity index (χ3n) is 4.02. The number of hydrogen-bond acceptors (Lipinski definition) is 4. The van der Waals surface area contributed by atoms with Crippen LogP contribution >= 0.6 is 24.8 Å². The number of amides is 1. The Morgan fingerprint density at radius 1 is 1.13 bits per heavy atom. The van der Waals surface area contributed by atoms with E-state index in [1.54, 1.807) is 7.11 Å². The maximum atomic E-state index is 12.3. The van der Waals surface area contributed by atoms with Gasteiger partial charge in [0.1, 0.15) is 5.75 Å². The van der Waals surface area contributed by atoms with Crippen LogP contribution in [0.5, 0.6) is 5.75 Å². The molecule has 0 bridgehead atoms. The van der Waals surface area contributed by atoms with E-state index >= 15 is 0 Å². The molecule has 0 spiro atoms. The largest absolute Gasteiger partial charge is 0.495 e. The number of ether oxygens (including phenoxy) is 1. The molecule has 1 aromatic carbocycles. The van der Waals surface area contributed by atoms with Crippen LogP contribution in [-0.2, 0) is 4.79 Å². The maximum absolute atomic E-state index is 12.3. The molecule has 0 radical (unpaired) electrons. The van der Waals surface area contributed by atoms with E-state index in [1.165, 1.54) is 0 Å². The van der Waals surface area contributed by atoms with Crippen LogP contribution in [0.3, 0.4) is 0 Å². The molecule has 0 saturated carbocycles. The standard InChI is InChI=1S/C16H25N3O2.2ClH/c1-12(2)15(17)16(20)19-10-8-18(9-11-19)13-6-4-5-7-14(13)21-3;;/h4-7,12,15H,8-11,17H2,1-3H3;2*1H. The average Bonchev–Trinajstić information content (AvgIpc) is 2.53. The van der Waals surface area contributed by atoms with Crippen LogP contribution in [0, 0.1) is 5.92 Å². The van der Waals surface area contributed by atoms with Crippen LogP contribution in [0.1, 0.15) is 13.8 Å². The zero-order valence-corrected chi connectivity index (χ0v) is 15.5. The minimum Gasteiger partial charge on any atom is -0.495 e. The summed E-state index contributed by atoms with van der Waals surface area (Å²) in [7, 11) is 1.68. The number of anilines is 1. The monoisotopic (exact) mass is 363 g/mol. The van der Waals surface area contributed by atoms with Gasteiger partial charge in [0.2, 0.25) is 5.91 Å². The summed E-state index contributed by atoms with van der Waals surface area (Å²) >= 11 is 0. The van der Waals surface area contributed by atoms with Gasteiger partial charge in [-0.3, -0.25) is 4.79 Å². The highest BCUT2D eigenvalue weighted by Gasteiger charge is 2.27. The molecule has 5 nitrogen and oxygen atoms in total. The quantitative estimate of drug-likeness (QED) is 0.890. The van der Waals surface area contributed by atoms with Crippen LogP contribution < -0.4 is 15.4 Å². The van der Waals surface area contributed by atoms with Crippen molar-refractivity contribution in [2.75, 3.05) is 38.2 Å². The lowest BCUT2D eigenvalue weighted by Crippen LogP contribution is -2.54. The molecule has 1 aliphatic heterocycles. The molecule has 132 valence electrons. The highest BCUT2D eigenvalue weighted by molar-refractivity contribution is 5.85. The highest BCUT2D eigenvalue weighted by Crippen LogP contribution is 2.28. The predicted molar refractivity (Wildman–Crippen MR) is 99.1 cm³/mol. The zero-order chi connectivity index (χ0) is 15.4.